The van der Waals surface area contributed by atoms with Crippen molar-refractivity contribution in [3.63, 3.8) is 0 Å². The van der Waals surface area contributed by atoms with Crippen LogP contribution in [0.25, 0.3) is 0 Å². The van der Waals surface area contributed by atoms with Crippen molar-refractivity contribution in [3.05, 3.63) is 34.9 Å². The zero-order chi connectivity index (χ0) is 14.3. The van der Waals surface area contributed by atoms with Gasteiger partial charge in [0.15, 0.2) is 18.0 Å². The number of benzene rings is 1. The largest absolute Gasteiger partial charge is 0.295 e. The van der Waals surface area contributed by atoms with Crippen LogP contribution in [0.15, 0.2) is 18.2 Å². The number of hydrogen-bond acceptors (Lipinski definition) is 4. The smallest absolute Gasteiger partial charge is 0.178 e. The molecule has 1 rings (SSSR count). The molecule has 1 aromatic rings. The Hall–Kier alpha value is -2.20. The van der Waals surface area contributed by atoms with Crippen LogP contribution in [0.5, 0.6) is 0 Å². The van der Waals surface area contributed by atoms with E-state index in [4.69, 9.17) is 10.5 Å². The Morgan fingerprint density at radius 2 is 1.68 bits per heavy atom. The van der Waals surface area contributed by atoms with Gasteiger partial charge in [-0.2, -0.15) is 10.5 Å². The van der Waals surface area contributed by atoms with Crippen molar-refractivity contribution in [1.29, 1.82) is 10.5 Å². The summed E-state index contributed by atoms with van der Waals surface area (Å²) in [5.74, 6) is 0. The second-order valence-corrected chi connectivity index (χ2v) is 4.38. The highest BCUT2D eigenvalue weighted by Gasteiger charge is 2.32. The third-order valence-corrected chi connectivity index (χ3v) is 3.54. The molecule has 1 aromatic carbocycles. The third-order valence-electron chi connectivity index (χ3n) is 3.54. The van der Waals surface area contributed by atoms with E-state index in [1.165, 1.54) is 11.1 Å². The van der Waals surface area contributed by atoms with Gasteiger partial charge in [0.05, 0.1) is 0 Å². The summed E-state index contributed by atoms with van der Waals surface area (Å²) in [7, 11) is 0. The van der Waals surface area contributed by atoms with Gasteiger partial charge in [-0.15, -0.1) is 0 Å². The maximum Gasteiger partial charge on any atom is 0.178 e. The first-order valence-corrected chi connectivity index (χ1v) is 6.62. The molecule has 0 amide bonds. The second kappa shape index (κ2) is 6.66. The van der Waals surface area contributed by atoms with Crippen LogP contribution in [0.2, 0.25) is 0 Å². The Balaban J connectivity index is 3.46. The Morgan fingerprint density at radius 1 is 1.05 bits per heavy atom. The van der Waals surface area contributed by atoms with Crippen LogP contribution in [0.4, 0.5) is 0 Å². The third kappa shape index (κ3) is 2.80. The number of nitrogens with one attached hydrogen (secondary N) is 2. The van der Waals surface area contributed by atoms with E-state index in [1.54, 1.807) is 0 Å². The van der Waals surface area contributed by atoms with Gasteiger partial charge in [0.2, 0.25) is 0 Å². The van der Waals surface area contributed by atoms with E-state index in [2.05, 4.69) is 30.5 Å². The number of rotatable bonds is 6. The van der Waals surface area contributed by atoms with Crippen LogP contribution in [0.3, 0.4) is 0 Å². The lowest BCUT2D eigenvalue weighted by Gasteiger charge is -2.33. The quantitative estimate of drug-likeness (QED) is 0.466. The maximum absolute atomic E-state index is 9.00. The van der Waals surface area contributed by atoms with Crippen LogP contribution in [-0.2, 0) is 18.5 Å². The maximum atomic E-state index is 9.00. The van der Waals surface area contributed by atoms with E-state index in [0.717, 1.165) is 18.4 Å². The molecule has 19 heavy (non-hydrogen) atoms. The molecule has 0 aliphatic carbocycles. The zero-order valence-corrected chi connectivity index (χ0v) is 11.7. The van der Waals surface area contributed by atoms with Crippen molar-refractivity contribution < 1.29 is 0 Å². The summed E-state index contributed by atoms with van der Waals surface area (Å²) in [6, 6.07) is 6.06. The van der Waals surface area contributed by atoms with Crippen molar-refractivity contribution in [2.45, 2.75) is 45.7 Å². The molecule has 100 valence electrons. The first kappa shape index (κ1) is 14.9. The minimum absolute atomic E-state index is 0.605. The van der Waals surface area contributed by atoms with Gasteiger partial charge in [0.1, 0.15) is 0 Å². The van der Waals surface area contributed by atoms with Gasteiger partial charge >= 0.3 is 0 Å². The molecule has 2 N–H and O–H groups in total. The highest BCUT2D eigenvalue weighted by atomic mass is 15.2. The molecule has 0 saturated heterocycles. The van der Waals surface area contributed by atoms with Gasteiger partial charge in [0.25, 0.3) is 0 Å². The normalized spacial score (nSPS) is 10.4. The minimum atomic E-state index is -0.806. The summed E-state index contributed by atoms with van der Waals surface area (Å²) in [4.78, 5) is 0. The highest BCUT2D eigenvalue weighted by Crippen LogP contribution is 2.28. The fourth-order valence-electron chi connectivity index (χ4n) is 2.51. The topological polar surface area (TPSA) is 71.6 Å². The Labute approximate surface area is 115 Å². The molecule has 4 nitrogen and oxygen atoms in total. The standard InChI is InChI=1S/C15H20N4/c1-4-12-8-7-9-14(13(12)5-2)15(6-3,18-10-16)19-11-17/h7-9,18-19H,4-6H2,1-3H3. The van der Waals surface area contributed by atoms with Gasteiger partial charge in [-0.05, 0) is 30.4 Å². The Morgan fingerprint density at radius 3 is 2.11 bits per heavy atom. The van der Waals surface area contributed by atoms with Gasteiger partial charge in [-0.3, -0.25) is 10.6 Å². The van der Waals surface area contributed by atoms with Crippen molar-refractivity contribution in [2.75, 3.05) is 0 Å². The molecule has 0 atom stereocenters. The Bertz CT molecular complexity index is 492. The minimum Gasteiger partial charge on any atom is -0.295 e. The van der Waals surface area contributed by atoms with Gasteiger partial charge < -0.3 is 0 Å². The van der Waals surface area contributed by atoms with Crippen LogP contribution in [0, 0.1) is 22.9 Å². The molecule has 0 spiro atoms. The molecule has 4 heteroatoms. The molecule has 0 heterocycles. The molecule has 0 fully saturated rings. The number of nitrogens with zero attached hydrogens (tertiary/aromatic N) is 2. The van der Waals surface area contributed by atoms with E-state index in [0.29, 0.717) is 6.42 Å². The van der Waals surface area contributed by atoms with Crippen molar-refractivity contribution >= 4 is 0 Å². The summed E-state index contributed by atoms with van der Waals surface area (Å²) < 4.78 is 0. The van der Waals surface area contributed by atoms with E-state index >= 15 is 0 Å². The van der Waals surface area contributed by atoms with Gasteiger partial charge in [0, 0.05) is 5.56 Å². The molecule has 0 aliphatic rings. The average Bonchev–Trinajstić information content (AvgIpc) is 2.45. The van der Waals surface area contributed by atoms with Crippen LogP contribution in [0.1, 0.15) is 43.9 Å². The van der Waals surface area contributed by atoms with E-state index in [1.807, 2.05) is 31.4 Å². The molecule has 0 aromatic heterocycles. The predicted octanol–water partition coefficient (Wildman–Crippen LogP) is 2.52. The number of aryl methyl sites for hydroxylation is 1. The van der Waals surface area contributed by atoms with Crippen molar-refractivity contribution in [3.8, 4) is 12.4 Å². The first-order valence-electron chi connectivity index (χ1n) is 6.62. The van der Waals surface area contributed by atoms with E-state index in [9.17, 15) is 0 Å². The zero-order valence-electron chi connectivity index (χ0n) is 11.7. The highest BCUT2D eigenvalue weighted by molar-refractivity contribution is 5.40. The number of nitriles is 2. The SMILES string of the molecule is CCc1cccc(C(CC)(NC#N)NC#N)c1CC. The Kier molecular flexibility index (Phi) is 5.21. The molecule has 0 saturated carbocycles. The fourth-order valence-corrected chi connectivity index (χ4v) is 2.51. The average molecular weight is 256 g/mol. The first-order chi connectivity index (χ1) is 9.18. The van der Waals surface area contributed by atoms with Crippen molar-refractivity contribution in [2.24, 2.45) is 0 Å². The lowest BCUT2D eigenvalue weighted by Crippen LogP contribution is -2.50. The number of hydrogen-bond donors (Lipinski definition) is 2. The molecular weight excluding hydrogens is 236 g/mol. The predicted molar refractivity (Wildman–Crippen MR) is 74.7 cm³/mol. The molecule has 0 unspecified atom stereocenters. The summed E-state index contributed by atoms with van der Waals surface area (Å²) in [5.41, 5.74) is 2.65. The lowest BCUT2D eigenvalue weighted by atomic mass is 9.87. The van der Waals surface area contributed by atoms with E-state index in [-0.39, 0.29) is 0 Å². The molecule has 0 aliphatic heterocycles. The van der Waals surface area contributed by atoms with Crippen molar-refractivity contribution in [1.82, 2.24) is 10.6 Å². The lowest BCUT2D eigenvalue weighted by molar-refractivity contribution is 0.326. The monoisotopic (exact) mass is 256 g/mol. The van der Waals surface area contributed by atoms with Crippen LogP contribution in [-0.4, -0.2) is 0 Å². The van der Waals surface area contributed by atoms with Gasteiger partial charge in [-0.1, -0.05) is 39.0 Å². The van der Waals surface area contributed by atoms with Gasteiger partial charge in [-0.25, -0.2) is 0 Å². The summed E-state index contributed by atoms with van der Waals surface area (Å²) in [5, 5.41) is 23.5. The fraction of sp³-hybridized carbons (Fsp3) is 0.467. The molecular formula is C15H20N4. The summed E-state index contributed by atoms with van der Waals surface area (Å²) in [6.45, 7) is 6.16. The molecule has 0 bridgehead atoms. The van der Waals surface area contributed by atoms with Crippen LogP contribution >= 0.6 is 0 Å². The second-order valence-electron chi connectivity index (χ2n) is 4.38. The summed E-state index contributed by atoms with van der Waals surface area (Å²) in [6.07, 6.45) is 6.36. The molecule has 0 radical (unpaired) electrons. The van der Waals surface area contributed by atoms with Crippen LogP contribution < -0.4 is 10.6 Å². The summed E-state index contributed by atoms with van der Waals surface area (Å²) >= 11 is 0. The van der Waals surface area contributed by atoms with E-state index < -0.39 is 5.66 Å².